The Bertz CT molecular complexity index is 793. The van der Waals surface area contributed by atoms with Gasteiger partial charge in [0.15, 0.2) is 0 Å². The maximum atomic E-state index is 12.5. The molecule has 0 aliphatic heterocycles. The number of phenolic OH excluding ortho intramolecular Hbond substituents is 1. The van der Waals surface area contributed by atoms with Crippen LogP contribution in [0.15, 0.2) is 28.7 Å². The molecule has 2 aromatic rings. The fraction of sp³-hybridized carbons (Fsp3) is 0.333. The van der Waals surface area contributed by atoms with E-state index in [9.17, 15) is 14.7 Å². The highest BCUT2D eigenvalue weighted by Crippen LogP contribution is 2.36. The van der Waals surface area contributed by atoms with Gasteiger partial charge >= 0.3 is 5.97 Å². The maximum absolute atomic E-state index is 12.5. The Morgan fingerprint density at radius 2 is 2.17 bits per heavy atom. The van der Waals surface area contributed by atoms with Crippen molar-refractivity contribution in [2.45, 2.75) is 38.6 Å². The number of fused-ring (bicyclic) bond motifs is 1. The third kappa shape index (κ3) is 2.99. The number of aryl methyl sites for hydroxylation is 1. The Hall–Kier alpha value is -2.76. The zero-order valence-corrected chi connectivity index (χ0v) is 13.3. The van der Waals surface area contributed by atoms with E-state index in [4.69, 9.17) is 9.52 Å². The average molecular weight is 329 g/mol. The number of aromatic carboxylic acids is 1. The summed E-state index contributed by atoms with van der Waals surface area (Å²) in [7, 11) is 0. The third-order valence-electron chi connectivity index (χ3n) is 4.40. The van der Waals surface area contributed by atoms with E-state index >= 15 is 0 Å². The van der Waals surface area contributed by atoms with E-state index in [1.165, 1.54) is 0 Å². The molecule has 6 nitrogen and oxygen atoms in total. The number of furan rings is 1. The molecule has 1 heterocycles. The molecule has 0 fully saturated rings. The van der Waals surface area contributed by atoms with Crippen molar-refractivity contribution in [1.82, 2.24) is 5.32 Å². The summed E-state index contributed by atoms with van der Waals surface area (Å²) in [5, 5.41) is 21.7. The van der Waals surface area contributed by atoms with Crippen LogP contribution in [0.25, 0.3) is 0 Å². The van der Waals surface area contributed by atoms with Gasteiger partial charge in [-0.2, -0.15) is 0 Å². The first-order valence-electron chi connectivity index (χ1n) is 7.88. The van der Waals surface area contributed by atoms with E-state index in [2.05, 4.69) is 5.32 Å². The predicted octanol–water partition coefficient (Wildman–Crippen LogP) is 2.73. The monoisotopic (exact) mass is 329 g/mol. The Labute approximate surface area is 139 Å². The van der Waals surface area contributed by atoms with Gasteiger partial charge < -0.3 is 19.9 Å². The highest BCUT2D eigenvalue weighted by atomic mass is 16.4. The summed E-state index contributed by atoms with van der Waals surface area (Å²) >= 11 is 0. The summed E-state index contributed by atoms with van der Waals surface area (Å²) < 4.78 is 5.25. The molecule has 0 radical (unpaired) electrons. The van der Waals surface area contributed by atoms with E-state index in [1.807, 2.05) is 6.07 Å². The summed E-state index contributed by atoms with van der Waals surface area (Å²) in [6.07, 6.45) is 2.33. The summed E-state index contributed by atoms with van der Waals surface area (Å²) in [6.45, 7) is 1.79. The second kappa shape index (κ2) is 6.39. The van der Waals surface area contributed by atoms with Gasteiger partial charge in [-0.1, -0.05) is 12.1 Å². The molecule has 1 aromatic carbocycles. The molecule has 1 aromatic heterocycles. The average Bonchev–Trinajstić information content (AvgIpc) is 2.94. The Balaban J connectivity index is 1.72. The van der Waals surface area contributed by atoms with Crippen molar-refractivity contribution in [3.63, 3.8) is 0 Å². The van der Waals surface area contributed by atoms with Crippen LogP contribution in [0.4, 0.5) is 0 Å². The summed E-state index contributed by atoms with van der Waals surface area (Å²) in [5.74, 6) is -1.04. The van der Waals surface area contributed by atoms with Crippen molar-refractivity contribution in [2.75, 3.05) is 0 Å². The van der Waals surface area contributed by atoms with E-state index in [1.54, 1.807) is 25.1 Å². The van der Waals surface area contributed by atoms with Crippen LogP contribution in [0.1, 0.15) is 51.8 Å². The molecule has 126 valence electrons. The van der Waals surface area contributed by atoms with Crippen LogP contribution in [-0.2, 0) is 17.8 Å². The van der Waals surface area contributed by atoms with Crippen molar-refractivity contribution in [3.8, 4) is 5.75 Å². The Kier molecular flexibility index (Phi) is 4.29. The largest absolute Gasteiger partial charge is 0.508 e. The number of phenols is 1. The molecule has 0 saturated carbocycles. The molecular weight excluding hydrogens is 310 g/mol. The molecule has 6 heteroatoms. The van der Waals surface area contributed by atoms with Crippen molar-refractivity contribution in [2.24, 2.45) is 0 Å². The van der Waals surface area contributed by atoms with Crippen LogP contribution < -0.4 is 5.32 Å². The van der Waals surface area contributed by atoms with Gasteiger partial charge in [0.1, 0.15) is 11.5 Å². The number of carbonyl (C=O) groups is 2. The Morgan fingerprint density at radius 1 is 1.38 bits per heavy atom. The highest BCUT2D eigenvalue weighted by Gasteiger charge is 2.28. The maximum Gasteiger partial charge on any atom is 0.372 e. The first-order valence-corrected chi connectivity index (χ1v) is 7.88. The predicted molar refractivity (Wildman–Crippen MR) is 86.0 cm³/mol. The topological polar surface area (TPSA) is 99.8 Å². The molecule has 1 amide bonds. The molecule has 0 saturated heterocycles. The van der Waals surface area contributed by atoms with Gasteiger partial charge in [0.05, 0.1) is 12.5 Å². The molecule has 0 bridgehead atoms. The van der Waals surface area contributed by atoms with Crippen molar-refractivity contribution in [1.29, 1.82) is 0 Å². The normalized spacial score (nSPS) is 16.5. The van der Waals surface area contributed by atoms with Crippen LogP contribution >= 0.6 is 0 Å². The number of aromatic hydroxyl groups is 1. The van der Waals surface area contributed by atoms with Gasteiger partial charge in [-0.25, -0.2) is 4.79 Å². The minimum Gasteiger partial charge on any atom is -0.508 e. The number of nitrogens with one attached hydrogen (secondary N) is 1. The van der Waals surface area contributed by atoms with Gasteiger partial charge in [-0.3, -0.25) is 4.79 Å². The molecule has 0 spiro atoms. The lowest BCUT2D eigenvalue weighted by Crippen LogP contribution is -2.31. The van der Waals surface area contributed by atoms with Gasteiger partial charge in [0.2, 0.25) is 11.7 Å². The van der Waals surface area contributed by atoms with Gasteiger partial charge in [-0.15, -0.1) is 0 Å². The van der Waals surface area contributed by atoms with Gasteiger partial charge in [-0.05, 0) is 49.4 Å². The minimum absolute atomic E-state index is 0.104. The number of amides is 1. The zero-order chi connectivity index (χ0) is 17.3. The second-order valence-corrected chi connectivity index (χ2v) is 6.04. The summed E-state index contributed by atoms with van der Waals surface area (Å²) in [4.78, 5) is 23.5. The van der Waals surface area contributed by atoms with Crippen LogP contribution in [0.3, 0.4) is 0 Å². The number of hydrogen-bond acceptors (Lipinski definition) is 4. The van der Waals surface area contributed by atoms with Crippen LogP contribution in [0.5, 0.6) is 5.75 Å². The molecule has 3 rings (SSSR count). The molecule has 3 N–H and O–H groups in total. The summed E-state index contributed by atoms with van der Waals surface area (Å²) in [5.41, 5.74) is 2.23. The van der Waals surface area contributed by atoms with E-state index in [0.29, 0.717) is 11.3 Å². The lowest BCUT2D eigenvalue weighted by Gasteiger charge is -2.25. The lowest BCUT2D eigenvalue weighted by molar-refractivity contribution is -0.123. The first kappa shape index (κ1) is 16.1. The van der Waals surface area contributed by atoms with Crippen molar-refractivity contribution >= 4 is 11.9 Å². The number of benzene rings is 1. The highest BCUT2D eigenvalue weighted by molar-refractivity contribution is 5.86. The molecule has 1 atom stereocenters. The number of rotatable bonds is 4. The lowest BCUT2D eigenvalue weighted by atomic mass is 9.82. The van der Waals surface area contributed by atoms with E-state index in [0.717, 1.165) is 30.4 Å². The minimum atomic E-state index is -1.12. The fourth-order valence-electron chi connectivity index (χ4n) is 3.25. The second-order valence-electron chi connectivity index (χ2n) is 6.04. The molecule has 1 unspecified atom stereocenters. The first-order chi connectivity index (χ1) is 11.5. The number of carbonyl (C=O) groups excluding carboxylic acids is 1. The van der Waals surface area contributed by atoms with Crippen molar-refractivity contribution in [3.05, 3.63) is 52.5 Å². The molecule has 1 aliphatic carbocycles. The molecular formula is C18H19NO5. The SMILES string of the molecule is Cc1cc(CNC(=O)C2CCCc3c(O)cccc32)oc1C(=O)O. The van der Waals surface area contributed by atoms with Gasteiger partial charge in [0.25, 0.3) is 0 Å². The molecule has 24 heavy (non-hydrogen) atoms. The van der Waals surface area contributed by atoms with Crippen LogP contribution in [0.2, 0.25) is 0 Å². The van der Waals surface area contributed by atoms with Crippen LogP contribution in [0, 0.1) is 6.92 Å². The number of hydrogen-bond donors (Lipinski definition) is 3. The Morgan fingerprint density at radius 3 is 2.88 bits per heavy atom. The van der Waals surface area contributed by atoms with Gasteiger partial charge in [0, 0.05) is 5.56 Å². The van der Waals surface area contributed by atoms with E-state index < -0.39 is 5.97 Å². The van der Waals surface area contributed by atoms with Crippen molar-refractivity contribution < 1.29 is 24.2 Å². The fourth-order valence-corrected chi connectivity index (χ4v) is 3.25. The molecule has 1 aliphatic rings. The van der Waals surface area contributed by atoms with Crippen LogP contribution in [-0.4, -0.2) is 22.1 Å². The number of carboxylic acid groups (broad SMARTS) is 1. The standard InChI is InChI=1S/C18H19NO5/c1-10-8-11(24-16(10)18(22)23)9-19-17(21)14-6-2-5-13-12(14)4-3-7-15(13)20/h3-4,7-8,14,20H,2,5-6,9H2,1H3,(H,19,21)(H,22,23). The smallest absolute Gasteiger partial charge is 0.372 e. The summed E-state index contributed by atoms with van der Waals surface area (Å²) in [6, 6.07) is 6.87. The van der Waals surface area contributed by atoms with E-state index in [-0.39, 0.29) is 29.9 Å². The zero-order valence-electron chi connectivity index (χ0n) is 13.3. The quantitative estimate of drug-likeness (QED) is 0.801. The number of carboxylic acids is 1. The third-order valence-corrected chi connectivity index (χ3v) is 4.40.